The van der Waals surface area contributed by atoms with Gasteiger partial charge in [-0.05, 0) is 29.8 Å². The first-order chi connectivity index (χ1) is 12.9. The normalized spacial score (nSPS) is 19.1. The Hall–Kier alpha value is -1.06. The van der Waals surface area contributed by atoms with Gasteiger partial charge in [0.1, 0.15) is 12.7 Å². The van der Waals surface area contributed by atoms with Crippen LogP contribution in [-0.4, -0.2) is 49.0 Å². The lowest BCUT2D eigenvalue weighted by Crippen LogP contribution is -2.43. The van der Waals surface area contributed by atoms with Crippen molar-refractivity contribution in [2.75, 3.05) is 32.8 Å². The van der Waals surface area contributed by atoms with Crippen LogP contribution in [0.25, 0.3) is 0 Å². The number of nitrogens with zero attached hydrogens (tertiary/aromatic N) is 1. The van der Waals surface area contributed by atoms with Crippen molar-refractivity contribution >= 4 is 31.9 Å². The van der Waals surface area contributed by atoms with Gasteiger partial charge in [-0.2, -0.15) is 0 Å². The maximum Gasteiger partial charge on any atom is 0.190 e. The molecule has 0 aliphatic carbocycles. The van der Waals surface area contributed by atoms with E-state index in [0.717, 1.165) is 22.2 Å². The molecule has 4 nitrogen and oxygen atoms in total. The highest BCUT2D eigenvalue weighted by Crippen LogP contribution is 2.27. The van der Waals surface area contributed by atoms with Gasteiger partial charge >= 0.3 is 0 Å². The largest absolute Gasteiger partial charge is 0.485 e. The first-order valence-corrected chi connectivity index (χ1v) is 10.1. The fraction of sp³-hybridized carbons (Fsp3) is 0.368. The maximum absolute atomic E-state index is 13.8. The zero-order valence-electron chi connectivity index (χ0n) is 14.4. The smallest absolute Gasteiger partial charge is 0.190 e. The van der Waals surface area contributed by atoms with E-state index in [1.807, 2.05) is 24.3 Å². The lowest BCUT2D eigenvalue weighted by Gasteiger charge is -2.34. The molecule has 1 fully saturated rings. The molecule has 1 saturated heterocycles. The monoisotopic (exact) mass is 505 g/mol. The highest BCUT2D eigenvalue weighted by atomic mass is 79.9. The molecule has 2 aromatic rings. The van der Waals surface area contributed by atoms with Gasteiger partial charge < -0.3 is 14.6 Å². The molecule has 0 saturated carbocycles. The summed E-state index contributed by atoms with van der Waals surface area (Å²) in [5.41, 5.74) is 1.05. The molecular formula is C19H19Br2F2NO3. The molecule has 0 spiro atoms. The average Bonchev–Trinajstić information content (AvgIpc) is 2.61. The Balaban J connectivity index is 1.54. The Morgan fingerprint density at radius 1 is 1.19 bits per heavy atom. The molecule has 27 heavy (non-hydrogen) atoms. The number of hydrogen-bond donors (Lipinski definition) is 1. The van der Waals surface area contributed by atoms with Crippen LogP contribution in [0.4, 0.5) is 8.78 Å². The third-order valence-corrected chi connectivity index (χ3v) is 5.17. The third-order valence-electron chi connectivity index (χ3n) is 4.22. The van der Waals surface area contributed by atoms with E-state index in [9.17, 15) is 13.9 Å². The van der Waals surface area contributed by atoms with Gasteiger partial charge in [-0.15, -0.1) is 0 Å². The van der Waals surface area contributed by atoms with Crippen molar-refractivity contribution in [2.45, 2.75) is 12.2 Å². The zero-order valence-corrected chi connectivity index (χ0v) is 17.5. The van der Waals surface area contributed by atoms with Crippen molar-refractivity contribution in [3.63, 3.8) is 0 Å². The molecular weight excluding hydrogens is 488 g/mol. The molecule has 1 aliphatic heterocycles. The predicted octanol–water partition coefficient (Wildman–Crippen LogP) is 4.30. The molecule has 8 heteroatoms. The van der Waals surface area contributed by atoms with E-state index < -0.39 is 23.5 Å². The summed E-state index contributed by atoms with van der Waals surface area (Å²) in [6, 6.07) is 10.1. The Labute approximate surface area is 173 Å². The molecule has 0 bridgehead atoms. The van der Waals surface area contributed by atoms with Gasteiger partial charge in [-0.25, -0.2) is 8.78 Å². The van der Waals surface area contributed by atoms with Gasteiger partial charge in [0.25, 0.3) is 0 Å². The summed E-state index contributed by atoms with van der Waals surface area (Å²) in [5, 5.41) is 10.2. The van der Waals surface area contributed by atoms with Gasteiger partial charge in [-0.1, -0.05) is 44.0 Å². The number of halogens is 4. The fourth-order valence-electron chi connectivity index (χ4n) is 2.97. The van der Waals surface area contributed by atoms with Crippen molar-refractivity contribution in [2.24, 2.45) is 0 Å². The summed E-state index contributed by atoms with van der Waals surface area (Å²) in [6.07, 6.45) is -0.973. The number of morpholine rings is 1. The predicted molar refractivity (Wildman–Crippen MR) is 105 cm³/mol. The molecule has 2 aromatic carbocycles. The van der Waals surface area contributed by atoms with Crippen molar-refractivity contribution in [1.29, 1.82) is 0 Å². The van der Waals surface area contributed by atoms with Gasteiger partial charge in [0, 0.05) is 28.6 Å². The molecule has 1 aliphatic rings. The van der Waals surface area contributed by atoms with Crippen LogP contribution in [0.15, 0.2) is 45.3 Å². The number of rotatable bonds is 6. The minimum Gasteiger partial charge on any atom is -0.485 e. The van der Waals surface area contributed by atoms with Crippen molar-refractivity contribution in [3.05, 3.63) is 62.5 Å². The van der Waals surface area contributed by atoms with Crippen LogP contribution in [-0.2, 0) is 4.74 Å². The van der Waals surface area contributed by atoms with E-state index in [4.69, 9.17) is 9.47 Å². The van der Waals surface area contributed by atoms with Gasteiger partial charge in [0.15, 0.2) is 17.4 Å². The van der Waals surface area contributed by atoms with Crippen LogP contribution in [0.3, 0.4) is 0 Å². The van der Waals surface area contributed by atoms with Crippen molar-refractivity contribution in [1.82, 2.24) is 4.90 Å². The van der Waals surface area contributed by atoms with Gasteiger partial charge in [0.05, 0.1) is 12.7 Å². The number of ether oxygens (including phenoxy) is 2. The summed E-state index contributed by atoms with van der Waals surface area (Å²) in [4.78, 5) is 2.05. The zero-order chi connectivity index (χ0) is 19.4. The van der Waals surface area contributed by atoms with Gasteiger partial charge in [0.2, 0.25) is 0 Å². The summed E-state index contributed by atoms with van der Waals surface area (Å²) < 4.78 is 39.8. The highest BCUT2D eigenvalue weighted by Gasteiger charge is 2.24. The molecule has 1 N–H and O–H groups in total. The lowest BCUT2D eigenvalue weighted by atomic mass is 10.1. The number of aliphatic hydroxyl groups is 1. The van der Waals surface area contributed by atoms with Crippen LogP contribution < -0.4 is 4.74 Å². The molecule has 146 valence electrons. The third kappa shape index (κ3) is 5.71. The van der Waals surface area contributed by atoms with E-state index in [-0.39, 0.29) is 17.2 Å². The van der Waals surface area contributed by atoms with Crippen LogP contribution >= 0.6 is 31.9 Å². The van der Waals surface area contributed by atoms with E-state index in [2.05, 4.69) is 36.8 Å². The van der Waals surface area contributed by atoms with E-state index >= 15 is 0 Å². The lowest BCUT2D eigenvalue weighted by molar-refractivity contribution is -0.0461. The second kappa shape index (κ2) is 9.43. The SMILES string of the molecule is OC(COc1c(F)cc(Br)cc1F)CN1CCOC(c2cccc(Br)c2)C1. The van der Waals surface area contributed by atoms with Crippen molar-refractivity contribution < 1.29 is 23.4 Å². The quantitative estimate of drug-likeness (QED) is 0.634. The maximum atomic E-state index is 13.8. The van der Waals surface area contributed by atoms with Crippen LogP contribution in [0.1, 0.15) is 11.7 Å². The molecule has 2 unspecified atom stereocenters. The van der Waals surface area contributed by atoms with Crippen LogP contribution in [0, 0.1) is 11.6 Å². The van der Waals surface area contributed by atoms with Crippen molar-refractivity contribution in [3.8, 4) is 5.75 Å². The Morgan fingerprint density at radius 2 is 1.93 bits per heavy atom. The Morgan fingerprint density at radius 3 is 2.63 bits per heavy atom. The number of β-amino-alcohol motifs (C(OH)–C–C–N with tert-alkyl or cyclic N) is 1. The standard InChI is InChI=1S/C19H19Br2F2NO3/c20-13-3-1-2-12(6-13)18-10-24(4-5-26-18)9-15(25)11-27-19-16(22)7-14(21)8-17(19)23/h1-3,6-8,15,18,25H,4-5,9-11H2. The fourth-order valence-corrected chi connectivity index (χ4v) is 3.79. The molecule has 0 amide bonds. The minimum absolute atomic E-state index is 0.0919. The Bertz CT molecular complexity index is 770. The first-order valence-electron chi connectivity index (χ1n) is 8.47. The summed E-state index contributed by atoms with van der Waals surface area (Å²) >= 11 is 6.47. The number of hydrogen-bond acceptors (Lipinski definition) is 4. The second-order valence-corrected chi connectivity index (χ2v) is 8.17. The average molecular weight is 507 g/mol. The van der Waals surface area contributed by atoms with Crippen LogP contribution in [0.5, 0.6) is 5.75 Å². The first kappa shape index (κ1) is 20.7. The molecule has 2 atom stereocenters. The topological polar surface area (TPSA) is 41.9 Å². The van der Waals surface area contributed by atoms with E-state index in [1.54, 1.807) is 0 Å². The van der Waals surface area contributed by atoms with Crippen LogP contribution in [0.2, 0.25) is 0 Å². The minimum atomic E-state index is -0.881. The summed E-state index contributed by atoms with van der Waals surface area (Å²) in [7, 11) is 0. The number of aliphatic hydroxyl groups excluding tert-OH is 1. The summed E-state index contributed by atoms with van der Waals surface area (Å²) in [6.45, 7) is 1.96. The molecule has 1 heterocycles. The molecule has 0 radical (unpaired) electrons. The highest BCUT2D eigenvalue weighted by molar-refractivity contribution is 9.10. The van der Waals surface area contributed by atoms with E-state index in [1.165, 1.54) is 0 Å². The molecule has 3 rings (SSSR count). The number of benzene rings is 2. The van der Waals surface area contributed by atoms with E-state index in [0.29, 0.717) is 26.2 Å². The molecule has 0 aromatic heterocycles. The summed E-state index contributed by atoms with van der Waals surface area (Å²) in [5.74, 6) is -2.10. The second-order valence-electron chi connectivity index (χ2n) is 6.34. The Kier molecular flexibility index (Phi) is 7.22. The van der Waals surface area contributed by atoms with Gasteiger partial charge in [-0.3, -0.25) is 4.90 Å².